The molecule has 0 bridgehead atoms. The van der Waals surface area contributed by atoms with Crippen molar-refractivity contribution in [1.29, 1.82) is 0 Å². The first-order valence-electron chi connectivity index (χ1n) is 5.15. The largest absolute Gasteiger partial charge is 0.411 e. The second-order valence-corrected chi connectivity index (χ2v) is 3.55. The minimum atomic E-state index is -4.36. The summed E-state index contributed by atoms with van der Waals surface area (Å²) in [5.74, 6) is 0.285. The van der Waals surface area contributed by atoms with E-state index < -0.39 is 12.8 Å². The van der Waals surface area contributed by atoms with Crippen LogP contribution in [0.3, 0.4) is 0 Å². The molecular formula is C9H14F3N3O2. The summed E-state index contributed by atoms with van der Waals surface area (Å²) in [6.07, 6.45) is -2.83. The van der Waals surface area contributed by atoms with E-state index in [-0.39, 0.29) is 24.4 Å². The second-order valence-electron chi connectivity index (χ2n) is 3.55. The van der Waals surface area contributed by atoms with Gasteiger partial charge in [0.25, 0.3) is 0 Å². The highest BCUT2D eigenvalue weighted by Gasteiger charge is 2.27. The lowest BCUT2D eigenvalue weighted by molar-refractivity contribution is -0.177. The van der Waals surface area contributed by atoms with Crippen molar-refractivity contribution in [3.63, 3.8) is 0 Å². The van der Waals surface area contributed by atoms with E-state index in [1.54, 1.807) is 0 Å². The number of rotatable bonds is 6. The number of halogens is 3. The molecule has 1 aromatic heterocycles. The van der Waals surface area contributed by atoms with Crippen LogP contribution in [-0.2, 0) is 11.3 Å². The summed E-state index contributed by atoms with van der Waals surface area (Å²) in [6.45, 7) is 0.267. The number of hydrogen-bond donors (Lipinski definition) is 1. The van der Waals surface area contributed by atoms with Crippen LogP contribution in [0.25, 0.3) is 0 Å². The van der Waals surface area contributed by atoms with Gasteiger partial charge in [0, 0.05) is 0 Å². The fraction of sp³-hybridized carbons (Fsp3) is 0.778. The Balaban J connectivity index is 2.40. The Labute approximate surface area is 96.1 Å². The van der Waals surface area contributed by atoms with Crippen LogP contribution in [-0.4, -0.2) is 22.9 Å². The van der Waals surface area contributed by atoms with Crippen molar-refractivity contribution in [2.75, 3.05) is 6.61 Å². The van der Waals surface area contributed by atoms with Crippen molar-refractivity contribution in [2.45, 2.75) is 38.6 Å². The molecule has 0 radical (unpaired) electrons. The van der Waals surface area contributed by atoms with Crippen LogP contribution >= 0.6 is 0 Å². The molecule has 0 amide bonds. The normalized spacial score (nSPS) is 13.9. The van der Waals surface area contributed by atoms with Gasteiger partial charge in [-0.3, -0.25) is 0 Å². The molecule has 17 heavy (non-hydrogen) atoms. The number of nitrogens with two attached hydrogens (primary N) is 1. The summed E-state index contributed by atoms with van der Waals surface area (Å²) in [5, 5.41) is 3.48. The van der Waals surface area contributed by atoms with E-state index in [9.17, 15) is 13.2 Å². The smallest absolute Gasteiger partial charge is 0.364 e. The Morgan fingerprint density at radius 3 is 2.76 bits per heavy atom. The van der Waals surface area contributed by atoms with Gasteiger partial charge in [-0.25, -0.2) is 0 Å². The third-order valence-corrected chi connectivity index (χ3v) is 1.90. The van der Waals surface area contributed by atoms with Crippen molar-refractivity contribution < 1.29 is 22.4 Å². The maximum Gasteiger partial charge on any atom is 0.411 e. The number of aromatic nitrogens is 2. The van der Waals surface area contributed by atoms with Crippen molar-refractivity contribution >= 4 is 0 Å². The highest BCUT2D eigenvalue weighted by Crippen LogP contribution is 2.16. The number of alkyl halides is 3. The van der Waals surface area contributed by atoms with E-state index in [1.165, 1.54) is 0 Å². The van der Waals surface area contributed by atoms with Gasteiger partial charge in [-0.15, -0.1) is 0 Å². The van der Waals surface area contributed by atoms with Crippen molar-refractivity contribution in [1.82, 2.24) is 10.1 Å². The highest BCUT2D eigenvalue weighted by atomic mass is 19.4. The zero-order valence-electron chi connectivity index (χ0n) is 9.33. The molecule has 0 unspecified atom stereocenters. The molecule has 0 aromatic carbocycles. The van der Waals surface area contributed by atoms with Gasteiger partial charge >= 0.3 is 6.18 Å². The van der Waals surface area contributed by atoms with Crippen LogP contribution in [0.4, 0.5) is 13.2 Å². The standard InChI is InChI=1S/C9H14F3N3O2/c1-2-3-6(13)8-14-7(15-17-8)4-16-5-9(10,11)12/h6H,2-5,13H2,1H3/t6-/m0/s1. The molecule has 98 valence electrons. The van der Waals surface area contributed by atoms with Crippen molar-refractivity contribution in [3.05, 3.63) is 11.7 Å². The quantitative estimate of drug-likeness (QED) is 0.838. The Hall–Kier alpha value is -1.15. The Morgan fingerprint density at radius 2 is 2.18 bits per heavy atom. The number of hydrogen-bond acceptors (Lipinski definition) is 5. The van der Waals surface area contributed by atoms with Crippen LogP contribution < -0.4 is 5.73 Å². The zero-order chi connectivity index (χ0) is 12.9. The van der Waals surface area contributed by atoms with Gasteiger partial charge in [0.15, 0.2) is 5.82 Å². The number of nitrogens with zero attached hydrogens (tertiary/aromatic N) is 2. The average molecular weight is 253 g/mol. The van der Waals surface area contributed by atoms with Crippen LogP contribution in [0.1, 0.15) is 37.5 Å². The zero-order valence-corrected chi connectivity index (χ0v) is 9.33. The third kappa shape index (κ3) is 5.14. The summed E-state index contributed by atoms with van der Waals surface area (Å²) >= 11 is 0. The van der Waals surface area contributed by atoms with E-state index >= 15 is 0 Å². The molecule has 1 heterocycles. The van der Waals surface area contributed by atoms with Crippen LogP contribution in [0, 0.1) is 0 Å². The highest BCUT2D eigenvalue weighted by molar-refractivity contribution is 4.90. The van der Waals surface area contributed by atoms with E-state index in [1.807, 2.05) is 6.92 Å². The van der Waals surface area contributed by atoms with Gasteiger partial charge in [-0.2, -0.15) is 18.2 Å². The molecule has 1 aromatic rings. The van der Waals surface area contributed by atoms with E-state index in [0.717, 1.165) is 6.42 Å². The van der Waals surface area contributed by atoms with Gasteiger partial charge in [0.2, 0.25) is 5.89 Å². The molecule has 2 N–H and O–H groups in total. The lowest BCUT2D eigenvalue weighted by atomic mass is 10.2. The van der Waals surface area contributed by atoms with Gasteiger partial charge < -0.3 is 15.0 Å². The first kappa shape index (κ1) is 13.9. The van der Waals surface area contributed by atoms with Crippen molar-refractivity contribution in [2.24, 2.45) is 5.73 Å². The molecule has 1 atom stereocenters. The molecule has 0 saturated heterocycles. The van der Waals surface area contributed by atoms with Gasteiger partial charge in [-0.1, -0.05) is 18.5 Å². The molecule has 1 rings (SSSR count). The van der Waals surface area contributed by atoms with Gasteiger partial charge in [0.1, 0.15) is 13.2 Å². The molecule has 0 aliphatic carbocycles. The summed E-state index contributed by atoms with van der Waals surface area (Å²) in [7, 11) is 0. The predicted octanol–water partition coefficient (Wildman–Crippen LogP) is 1.95. The molecule has 0 aliphatic heterocycles. The molecular weight excluding hydrogens is 239 g/mol. The van der Waals surface area contributed by atoms with Crippen LogP contribution in [0.5, 0.6) is 0 Å². The minimum Gasteiger partial charge on any atom is -0.364 e. The van der Waals surface area contributed by atoms with E-state index in [4.69, 9.17) is 10.3 Å². The third-order valence-electron chi connectivity index (χ3n) is 1.90. The molecule has 8 heteroatoms. The maximum absolute atomic E-state index is 11.8. The van der Waals surface area contributed by atoms with E-state index in [0.29, 0.717) is 6.42 Å². The summed E-state index contributed by atoms with van der Waals surface area (Å²) in [5.41, 5.74) is 5.70. The molecule has 0 saturated carbocycles. The molecule has 0 fully saturated rings. The Morgan fingerprint density at radius 1 is 1.47 bits per heavy atom. The fourth-order valence-corrected chi connectivity index (χ4v) is 1.17. The lowest BCUT2D eigenvalue weighted by Crippen LogP contribution is -2.17. The van der Waals surface area contributed by atoms with Crippen molar-refractivity contribution in [3.8, 4) is 0 Å². The summed E-state index contributed by atoms with van der Waals surface area (Å²) in [6, 6.07) is -0.385. The topological polar surface area (TPSA) is 74.2 Å². The predicted molar refractivity (Wildman–Crippen MR) is 51.8 cm³/mol. The Kier molecular flexibility index (Phi) is 4.88. The van der Waals surface area contributed by atoms with E-state index in [2.05, 4.69) is 14.9 Å². The van der Waals surface area contributed by atoms with Crippen LogP contribution in [0.2, 0.25) is 0 Å². The fourth-order valence-electron chi connectivity index (χ4n) is 1.17. The molecule has 0 spiro atoms. The second kappa shape index (κ2) is 5.97. The first-order valence-corrected chi connectivity index (χ1v) is 5.15. The number of ether oxygens (including phenoxy) is 1. The SMILES string of the molecule is CCC[C@H](N)c1nc(COCC(F)(F)F)no1. The monoisotopic (exact) mass is 253 g/mol. The summed E-state index contributed by atoms with van der Waals surface area (Å²) in [4.78, 5) is 3.85. The summed E-state index contributed by atoms with van der Waals surface area (Å²) < 4.78 is 44.5. The average Bonchev–Trinajstić information content (AvgIpc) is 2.65. The maximum atomic E-state index is 11.8. The molecule has 5 nitrogen and oxygen atoms in total. The first-order chi connectivity index (χ1) is 7.92. The molecule has 0 aliphatic rings. The minimum absolute atomic E-state index is 0.0656. The lowest BCUT2D eigenvalue weighted by Gasteiger charge is -2.05. The van der Waals surface area contributed by atoms with Crippen LogP contribution in [0.15, 0.2) is 4.52 Å². The van der Waals surface area contributed by atoms with Gasteiger partial charge in [-0.05, 0) is 6.42 Å². The van der Waals surface area contributed by atoms with Gasteiger partial charge in [0.05, 0.1) is 6.04 Å². The Bertz CT molecular complexity index is 340.